The van der Waals surface area contributed by atoms with Gasteiger partial charge in [-0.1, -0.05) is 18.2 Å². The molecular weight excluding hydrogens is 274 g/mol. The maximum atomic E-state index is 12.3. The number of hydrogen-bond acceptors (Lipinski definition) is 4. The molecule has 0 atom stereocenters. The van der Waals surface area contributed by atoms with Crippen molar-refractivity contribution in [2.24, 2.45) is 0 Å². The number of nitrogens with zero attached hydrogens (tertiary/aromatic N) is 1. The quantitative estimate of drug-likeness (QED) is 0.866. The molecule has 2 aromatic rings. The second-order valence-electron chi connectivity index (χ2n) is 5.37. The Hall–Kier alpha value is -1.75. The van der Waals surface area contributed by atoms with Gasteiger partial charge in [0.15, 0.2) is 15.6 Å². The Labute approximate surface area is 118 Å². The van der Waals surface area contributed by atoms with Crippen molar-refractivity contribution in [3.8, 4) is 0 Å². The van der Waals surface area contributed by atoms with Crippen LogP contribution in [0.2, 0.25) is 0 Å². The Morgan fingerprint density at radius 1 is 1.20 bits per heavy atom. The molecule has 0 saturated carbocycles. The molecule has 1 aromatic carbocycles. The van der Waals surface area contributed by atoms with Crippen LogP contribution in [0, 0.1) is 0 Å². The number of ketones is 1. The zero-order valence-corrected chi connectivity index (χ0v) is 12.6. The Bertz CT molecular complexity index is 758. The van der Waals surface area contributed by atoms with E-state index in [0.29, 0.717) is 0 Å². The molecule has 0 unspecified atom stereocenters. The molecule has 0 radical (unpaired) electrons. The Balaban J connectivity index is 2.41. The van der Waals surface area contributed by atoms with Gasteiger partial charge in [-0.3, -0.25) is 9.78 Å². The minimum absolute atomic E-state index is 0.0864. The normalized spacial score (nSPS) is 12.6. The van der Waals surface area contributed by atoms with Crippen molar-refractivity contribution in [1.82, 2.24) is 4.98 Å². The number of carbonyl (C=O) groups excluding carboxylic acids is 1. The second-order valence-corrected chi connectivity index (χ2v) is 7.93. The zero-order valence-electron chi connectivity index (χ0n) is 11.8. The molecule has 0 amide bonds. The first kappa shape index (κ1) is 14.7. The van der Waals surface area contributed by atoms with Crippen molar-refractivity contribution < 1.29 is 13.2 Å². The van der Waals surface area contributed by atoms with Crippen LogP contribution in [0.4, 0.5) is 0 Å². The van der Waals surface area contributed by atoms with E-state index in [2.05, 4.69) is 4.98 Å². The molecule has 2 rings (SSSR count). The first-order valence-electron chi connectivity index (χ1n) is 6.29. The van der Waals surface area contributed by atoms with E-state index in [4.69, 9.17) is 0 Å². The van der Waals surface area contributed by atoms with E-state index < -0.39 is 14.6 Å². The van der Waals surface area contributed by atoms with E-state index in [-0.39, 0.29) is 12.2 Å². The average molecular weight is 291 g/mol. The molecule has 0 bridgehead atoms. The van der Waals surface area contributed by atoms with Crippen LogP contribution in [0.15, 0.2) is 36.5 Å². The van der Waals surface area contributed by atoms with E-state index >= 15 is 0 Å². The van der Waals surface area contributed by atoms with E-state index in [1.165, 1.54) is 13.8 Å². The fraction of sp³-hybridized carbons (Fsp3) is 0.333. The van der Waals surface area contributed by atoms with Crippen LogP contribution in [0.3, 0.4) is 0 Å². The summed E-state index contributed by atoms with van der Waals surface area (Å²) in [5, 5.41) is 0.882. The molecule has 1 heterocycles. The number of benzene rings is 1. The lowest BCUT2D eigenvalue weighted by Gasteiger charge is -2.21. The van der Waals surface area contributed by atoms with Gasteiger partial charge >= 0.3 is 0 Å². The molecule has 0 spiro atoms. The first-order chi connectivity index (χ1) is 9.23. The summed E-state index contributed by atoms with van der Waals surface area (Å²) >= 11 is 0. The lowest BCUT2D eigenvalue weighted by Crippen LogP contribution is -2.40. The molecule has 4 nitrogen and oxygen atoms in total. The molecule has 1 aromatic heterocycles. The predicted octanol–water partition coefficient (Wildman–Crippen LogP) is 2.17. The minimum atomic E-state index is -3.44. The second kappa shape index (κ2) is 4.98. The summed E-state index contributed by atoms with van der Waals surface area (Å²) in [5.74, 6) is -0.309. The smallest absolute Gasteiger partial charge is 0.159 e. The number of hydrogen-bond donors (Lipinski definition) is 0. The molecule has 0 aliphatic rings. The Morgan fingerprint density at radius 3 is 2.50 bits per heavy atom. The van der Waals surface area contributed by atoms with Gasteiger partial charge in [0.05, 0.1) is 5.52 Å². The van der Waals surface area contributed by atoms with Gasteiger partial charge in [0, 0.05) is 24.3 Å². The summed E-state index contributed by atoms with van der Waals surface area (Å²) in [7, 11) is -3.44. The van der Waals surface area contributed by atoms with E-state index in [9.17, 15) is 13.2 Å². The van der Waals surface area contributed by atoms with Crippen molar-refractivity contribution in [3.63, 3.8) is 0 Å². The number of sulfone groups is 1. The maximum Gasteiger partial charge on any atom is 0.159 e. The van der Waals surface area contributed by atoms with Crippen molar-refractivity contribution in [2.75, 3.05) is 6.26 Å². The molecule has 0 saturated heterocycles. The molecule has 0 aliphatic heterocycles. The maximum absolute atomic E-state index is 12.3. The largest absolute Gasteiger partial charge is 0.298 e. The van der Waals surface area contributed by atoms with Gasteiger partial charge in [-0.25, -0.2) is 8.42 Å². The Morgan fingerprint density at radius 2 is 1.85 bits per heavy atom. The van der Waals surface area contributed by atoms with Crippen molar-refractivity contribution >= 4 is 26.5 Å². The molecule has 0 N–H and O–H groups in total. The molecule has 0 fully saturated rings. The third-order valence-corrected chi connectivity index (χ3v) is 5.77. The fourth-order valence-electron chi connectivity index (χ4n) is 1.90. The molecule has 20 heavy (non-hydrogen) atoms. The fourth-order valence-corrected chi connectivity index (χ4v) is 2.39. The van der Waals surface area contributed by atoms with E-state index in [0.717, 1.165) is 22.7 Å². The SMILES string of the molecule is CC(C)(C(=O)Cc1ccnc2ccccc12)S(C)(=O)=O. The van der Waals surface area contributed by atoms with Crippen LogP contribution in [-0.2, 0) is 21.1 Å². The highest BCUT2D eigenvalue weighted by Crippen LogP contribution is 2.22. The van der Waals surface area contributed by atoms with Gasteiger partial charge in [0.2, 0.25) is 0 Å². The van der Waals surface area contributed by atoms with E-state index in [1.807, 2.05) is 24.3 Å². The third-order valence-electron chi connectivity index (χ3n) is 3.69. The van der Waals surface area contributed by atoms with Gasteiger partial charge in [0.1, 0.15) is 4.75 Å². The highest BCUT2D eigenvalue weighted by molar-refractivity contribution is 7.92. The summed E-state index contributed by atoms with van der Waals surface area (Å²) in [6, 6.07) is 9.27. The first-order valence-corrected chi connectivity index (χ1v) is 8.18. The highest BCUT2D eigenvalue weighted by atomic mass is 32.2. The number of pyridine rings is 1. The summed E-state index contributed by atoms with van der Waals surface area (Å²) in [6.07, 6.45) is 2.82. The topological polar surface area (TPSA) is 64.1 Å². The number of para-hydroxylation sites is 1. The predicted molar refractivity (Wildman–Crippen MR) is 79.4 cm³/mol. The standard InChI is InChI=1S/C15H17NO3S/c1-15(2,20(3,18)19)14(17)10-11-8-9-16-13-7-5-4-6-12(11)13/h4-9H,10H2,1-3H3. The average Bonchev–Trinajstić information content (AvgIpc) is 2.37. The number of rotatable bonds is 4. The summed E-state index contributed by atoms with van der Waals surface area (Å²) in [6.45, 7) is 2.90. The van der Waals surface area contributed by atoms with Gasteiger partial charge in [-0.2, -0.15) is 0 Å². The zero-order chi connectivity index (χ0) is 15.0. The molecule has 106 valence electrons. The number of Topliss-reactive ketones (excluding diaryl/α,β-unsaturated/α-hetero) is 1. The summed E-state index contributed by atoms with van der Waals surface area (Å²) in [4.78, 5) is 16.6. The summed E-state index contributed by atoms with van der Waals surface area (Å²) in [5.41, 5.74) is 1.60. The molecule has 0 aliphatic carbocycles. The van der Waals surface area contributed by atoms with Gasteiger partial charge in [-0.15, -0.1) is 0 Å². The Kier molecular flexibility index (Phi) is 3.65. The minimum Gasteiger partial charge on any atom is -0.298 e. The molecule has 5 heteroatoms. The van der Waals surface area contributed by atoms with Crippen LogP contribution in [-0.4, -0.2) is 30.2 Å². The van der Waals surface area contributed by atoms with Crippen LogP contribution >= 0.6 is 0 Å². The highest BCUT2D eigenvalue weighted by Gasteiger charge is 2.37. The molecular formula is C15H17NO3S. The van der Waals surface area contributed by atoms with Gasteiger partial charge in [0.25, 0.3) is 0 Å². The lowest BCUT2D eigenvalue weighted by molar-refractivity contribution is -0.120. The van der Waals surface area contributed by atoms with Crippen molar-refractivity contribution in [1.29, 1.82) is 0 Å². The van der Waals surface area contributed by atoms with Crippen LogP contribution in [0.5, 0.6) is 0 Å². The van der Waals surface area contributed by atoms with Crippen LogP contribution in [0.1, 0.15) is 19.4 Å². The summed E-state index contributed by atoms with van der Waals surface area (Å²) < 4.78 is 22.1. The number of carbonyl (C=O) groups is 1. The van der Waals surface area contributed by atoms with Crippen LogP contribution in [0.25, 0.3) is 10.9 Å². The van der Waals surface area contributed by atoms with Gasteiger partial charge in [-0.05, 0) is 31.5 Å². The monoisotopic (exact) mass is 291 g/mol. The van der Waals surface area contributed by atoms with Crippen LogP contribution < -0.4 is 0 Å². The van der Waals surface area contributed by atoms with E-state index in [1.54, 1.807) is 12.3 Å². The van der Waals surface area contributed by atoms with Crippen molar-refractivity contribution in [3.05, 3.63) is 42.1 Å². The third kappa shape index (κ3) is 2.58. The van der Waals surface area contributed by atoms with Gasteiger partial charge < -0.3 is 0 Å². The van der Waals surface area contributed by atoms with Crippen molar-refractivity contribution in [2.45, 2.75) is 25.0 Å². The number of fused-ring (bicyclic) bond motifs is 1. The number of aromatic nitrogens is 1. The lowest BCUT2D eigenvalue weighted by atomic mass is 9.98.